The van der Waals surface area contributed by atoms with Gasteiger partial charge in [-0.2, -0.15) is 13.2 Å². The molecule has 6 heteroatoms. The van der Waals surface area contributed by atoms with Crippen molar-refractivity contribution < 1.29 is 13.2 Å². The van der Waals surface area contributed by atoms with Gasteiger partial charge in [0.2, 0.25) is 0 Å². The van der Waals surface area contributed by atoms with Crippen LogP contribution < -0.4 is 5.73 Å². The zero-order chi connectivity index (χ0) is 18.6. The van der Waals surface area contributed by atoms with Crippen LogP contribution in [0.5, 0.6) is 0 Å². The number of halogens is 3. The summed E-state index contributed by atoms with van der Waals surface area (Å²) in [5.41, 5.74) is 9.41. The first-order valence-corrected chi connectivity index (χ1v) is 7.98. The van der Waals surface area contributed by atoms with Crippen LogP contribution in [0.25, 0.3) is 5.70 Å². The second kappa shape index (κ2) is 7.59. The van der Waals surface area contributed by atoms with E-state index in [1.165, 1.54) is 0 Å². The summed E-state index contributed by atoms with van der Waals surface area (Å²) < 4.78 is 37.4. The van der Waals surface area contributed by atoms with Gasteiger partial charge >= 0.3 is 6.18 Å². The van der Waals surface area contributed by atoms with E-state index < -0.39 is 12.6 Å². The quantitative estimate of drug-likeness (QED) is 0.804. The van der Waals surface area contributed by atoms with Crippen LogP contribution in [0.3, 0.4) is 0 Å². The third-order valence-corrected chi connectivity index (χ3v) is 3.78. The monoisotopic (exact) mass is 349 g/mol. The largest absolute Gasteiger partial charge is 0.401 e. The van der Waals surface area contributed by atoms with Crippen molar-refractivity contribution in [2.24, 2.45) is 10.7 Å². The summed E-state index contributed by atoms with van der Waals surface area (Å²) in [7, 11) is 0. The fourth-order valence-corrected chi connectivity index (χ4v) is 2.54. The molecule has 1 aliphatic heterocycles. The lowest BCUT2D eigenvalue weighted by atomic mass is 10.1. The molecule has 1 heterocycles. The molecular weight excluding hydrogens is 327 g/mol. The van der Waals surface area contributed by atoms with Gasteiger partial charge in [0.1, 0.15) is 5.84 Å². The third-order valence-electron chi connectivity index (χ3n) is 3.78. The summed E-state index contributed by atoms with van der Waals surface area (Å²) >= 11 is 0. The molecular formula is C19H22F3N3. The van der Waals surface area contributed by atoms with Crippen LogP contribution in [0.2, 0.25) is 0 Å². The molecule has 0 saturated heterocycles. The van der Waals surface area contributed by atoms with E-state index in [1.807, 2.05) is 31.2 Å². The van der Waals surface area contributed by atoms with Crippen LogP contribution in [-0.2, 0) is 0 Å². The summed E-state index contributed by atoms with van der Waals surface area (Å²) in [6, 6.07) is 7.80. The normalized spacial score (nSPS) is 15.0. The van der Waals surface area contributed by atoms with Crippen LogP contribution >= 0.6 is 0 Å². The molecule has 0 aromatic heterocycles. The average Bonchev–Trinajstić information content (AvgIpc) is 2.49. The number of rotatable bonds is 6. The SMILES string of the molecule is C=C(N)CN1C(=C)C=C(c2ccc(C)cc2)N=C1CCCC(F)(F)F. The van der Waals surface area contributed by atoms with Crippen molar-refractivity contribution in [3.8, 4) is 0 Å². The van der Waals surface area contributed by atoms with E-state index in [4.69, 9.17) is 5.73 Å². The predicted molar refractivity (Wildman–Crippen MR) is 95.7 cm³/mol. The van der Waals surface area contributed by atoms with E-state index in [9.17, 15) is 13.2 Å². The van der Waals surface area contributed by atoms with E-state index in [0.29, 0.717) is 22.9 Å². The molecule has 2 N–H and O–H groups in total. The van der Waals surface area contributed by atoms with Crippen molar-refractivity contribution in [2.75, 3.05) is 6.54 Å². The van der Waals surface area contributed by atoms with Crippen molar-refractivity contribution in [2.45, 2.75) is 32.4 Å². The minimum Gasteiger partial charge on any atom is -0.401 e. The molecule has 0 radical (unpaired) electrons. The number of amidine groups is 1. The summed E-state index contributed by atoms with van der Waals surface area (Å²) in [4.78, 5) is 6.28. The minimum atomic E-state index is -4.18. The zero-order valence-corrected chi connectivity index (χ0v) is 14.2. The second-order valence-electron chi connectivity index (χ2n) is 6.13. The van der Waals surface area contributed by atoms with E-state index in [1.54, 1.807) is 11.0 Å². The molecule has 0 fully saturated rings. The number of nitrogens with two attached hydrogens (primary N) is 1. The fourth-order valence-electron chi connectivity index (χ4n) is 2.54. The Balaban J connectivity index is 2.25. The highest BCUT2D eigenvalue weighted by Gasteiger charge is 2.27. The van der Waals surface area contributed by atoms with Crippen molar-refractivity contribution in [3.05, 3.63) is 66.0 Å². The number of aryl methyl sites for hydroxylation is 1. The molecule has 2 rings (SSSR count). The molecule has 0 amide bonds. The van der Waals surface area contributed by atoms with Crippen molar-refractivity contribution >= 4 is 11.5 Å². The number of hydrogen-bond donors (Lipinski definition) is 1. The fraction of sp³-hybridized carbons (Fsp3) is 0.316. The maximum absolute atomic E-state index is 12.5. The average molecular weight is 349 g/mol. The summed E-state index contributed by atoms with van der Waals surface area (Å²) in [5.74, 6) is 0.527. The van der Waals surface area contributed by atoms with E-state index in [-0.39, 0.29) is 19.4 Å². The van der Waals surface area contributed by atoms with Crippen LogP contribution in [0.15, 0.2) is 59.9 Å². The Morgan fingerprint density at radius 1 is 1.24 bits per heavy atom. The lowest BCUT2D eigenvalue weighted by molar-refractivity contribution is -0.135. The number of aliphatic imine (C=N–C) groups is 1. The van der Waals surface area contributed by atoms with Gasteiger partial charge in [0, 0.05) is 29.8 Å². The highest BCUT2D eigenvalue weighted by molar-refractivity contribution is 5.93. The Labute approximate surface area is 146 Å². The van der Waals surface area contributed by atoms with Gasteiger partial charge in [0.25, 0.3) is 0 Å². The standard InChI is InChI=1S/C19H22F3N3/c1-13-6-8-16(9-7-13)17-11-15(3)25(12-14(2)23)18(24-17)5-4-10-19(20,21)22/h6-9,11H,2-5,10,12,23H2,1H3. The molecule has 1 aliphatic rings. The van der Waals surface area contributed by atoms with Crippen LogP contribution in [0.4, 0.5) is 13.2 Å². The molecule has 3 nitrogen and oxygen atoms in total. The zero-order valence-electron chi connectivity index (χ0n) is 14.2. The van der Waals surface area contributed by atoms with Gasteiger partial charge in [-0.1, -0.05) is 43.0 Å². The molecule has 0 saturated carbocycles. The minimum absolute atomic E-state index is 0.0374. The first kappa shape index (κ1) is 18.8. The van der Waals surface area contributed by atoms with Gasteiger partial charge in [-0.25, -0.2) is 4.99 Å². The Bertz CT molecular complexity index is 712. The van der Waals surface area contributed by atoms with Crippen molar-refractivity contribution in [1.82, 2.24) is 4.90 Å². The summed E-state index contributed by atoms with van der Waals surface area (Å²) in [5, 5.41) is 0. The number of allylic oxidation sites excluding steroid dienone is 1. The number of hydrogen-bond acceptors (Lipinski definition) is 3. The first-order chi connectivity index (χ1) is 11.7. The molecule has 0 unspecified atom stereocenters. The lowest BCUT2D eigenvalue weighted by Gasteiger charge is -2.30. The van der Waals surface area contributed by atoms with Gasteiger partial charge < -0.3 is 10.6 Å². The lowest BCUT2D eigenvalue weighted by Crippen LogP contribution is -2.34. The number of nitrogens with zero attached hydrogens (tertiary/aromatic N) is 2. The van der Waals surface area contributed by atoms with E-state index in [0.717, 1.165) is 11.1 Å². The Kier molecular flexibility index (Phi) is 5.72. The Morgan fingerprint density at radius 2 is 1.88 bits per heavy atom. The molecule has 0 spiro atoms. The van der Waals surface area contributed by atoms with Crippen molar-refractivity contribution in [1.29, 1.82) is 0 Å². The van der Waals surface area contributed by atoms with E-state index >= 15 is 0 Å². The van der Waals surface area contributed by atoms with Gasteiger partial charge in [0.05, 0.1) is 12.2 Å². The Morgan fingerprint density at radius 3 is 2.44 bits per heavy atom. The van der Waals surface area contributed by atoms with Crippen LogP contribution in [-0.4, -0.2) is 23.5 Å². The molecule has 0 bridgehead atoms. The second-order valence-corrected chi connectivity index (χ2v) is 6.13. The summed E-state index contributed by atoms with van der Waals surface area (Å²) in [6.07, 6.45) is -3.07. The van der Waals surface area contributed by atoms with Gasteiger partial charge in [-0.15, -0.1) is 0 Å². The molecule has 25 heavy (non-hydrogen) atoms. The maximum Gasteiger partial charge on any atom is 0.389 e. The van der Waals surface area contributed by atoms with Crippen LogP contribution in [0.1, 0.15) is 30.4 Å². The molecule has 1 aromatic carbocycles. The third kappa shape index (κ3) is 5.52. The molecule has 0 aliphatic carbocycles. The van der Waals surface area contributed by atoms with Crippen LogP contribution in [0, 0.1) is 6.92 Å². The smallest absolute Gasteiger partial charge is 0.389 e. The highest BCUT2D eigenvalue weighted by atomic mass is 19.4. The number of benzene rings is 1. The van der Waals surface area contributed by atoms with Gasteiger partial charge in [-0.05, 0) is 19.4 Å². The van der Waals surface area contributed by atoms with Crippen molar-refractivity contribution in [3.63, 3.8) is 0 Å². The molecule has 134 valence electrons. The topological polar surface area (TPSA) is 41.6 Å². The predicted octanol–water partition coefficient (Wildman–Crippen LogP) is 4.77. The molecule has 0 atom stereocenters. The Hall–Kier alpha value is -2.50. The molecule has 1 aromatic rings. The number of alkyl halides is 3. The highest BCUT2D eigenvalue weighted by Crippen LogP contribution is 2.28. The maximum atomic E-state index is 12.5. The van der Waals surface area contributed by atoms with E-state index in [2.05, 4.69) is 18.2 Å². The first-order valence-electron chi connectivity index (χ1n) is 7.98. The van der Waals surface area contributed by atoms with Gasteiger partial charge in [0.15, 0.2) is 0 Å². The summed E-state index contributed by atoms with van der Waals surface area (Å²) in [6.45, 7) is 9.93. The van der Waals surface area contributed by atoms with Gasteiger partial charge in [-0.3, -0.25) is 0 Å².